The molecule has 1 amide bonds. The quantitative estimate of drug-likeness (QED) is 0.671. The number of anilines is 2. The molecule has 0 saturated carbocycles. The van der Waals surface area contributed by atoms with Crippen LogP contribution in [0.5, 0.6) is 0 Å². The van der Waals surface area contributed by atoms with Crippen molar-refractivity contribution < 1.29 is 4.79 Å². The second-order valence-electron chi connectivity index (χ2n) is 5.91. The predicted molar refractivity (Wildman–Crippen MR) is 97.4 cm³/mol. The molecule has 0 saturated heterocycles. The second kappa shape index (κ2) is 5.90. The topological polar surface area (TPSA) is 73.9 Å². The minimum atomic E-state index is -0.0497. The van der Waals surface area contributed by atoms with Crippen LogP contribution in [0.4, 0.5) is 11.5 Å². The normalized spacial score (nSPS) is 17.2. The number of rotatable bonds is 1. The molecule has 3 aromatic heterocycles. The minimum absolute atomic E-state index is 0.0497. The first-order chi connectivity index (χ1) is 11.6. The first kappa shape index (κ1) is 15.1. The largest absolute Gasteiger partial charge is 0.366 e. The Hall–Kier alpha value is -2.41. The second-order valence-corrected chi connectivity index (χ2v) is 6.83. The summed E-state index contributed by atoms with van der Waals surface area (Å²) in [4.78, 5) is 26.8. The number of nitrogens with one attached hydrogen (secondary N) is 2. The molecule has 24 heavy (non-hydrogen) atoms. The summed E-state index contributed by atoms with van der Waals surface area (Å²) in [7, 11) is 0. The standard InChI is InChI=1S/C17H16BrN5O/c1-10-4-6-23(14-7-11(18)8-20-16(14)22-10)17(24)13-9-21-15-12(13)3-2-5-19-15/h2-3,5,7-10H,4,6H2,1H3,(H,19,21)(H,20,22). The van der Waals surface area contributed by atoms with Gasteiger partial charge in [0.25, 0.3) is 5.91 Å². The summed E-state index contributed by atoms with van der Waals surface area (Å²) in [5, 5.41) is 4.20. The third-order valence-electron chi connectivity index (χ3n) is 4.22. The highest BCUT2D eigenvalue weighted by molar-refractivity contribution is 9.10. The number of carbonyl (C=O) groups is 1. The molecule has 1 aliphatic heterocycles. The number of aromatic amines is 1. The van der Waals surface area contributed by atoms with Crippen molar-refractivity contribution in [2.45, 2.75) is 19.4 Å². The minimum Gasteiger partial charge on any atom is -0.366 e. The van der Waals surface area contributed by atoms with Crippen LogP contribution in [0.1, 0.15) is 23.7 Å². The fraction of sp³-hybridized carbons (Fsp3) is 0.235. The van der Waals surface area contributed by atoms with Crippen molar-refractivity contribution in [1.82, 2.24) is 15.0 Å². The van der Waals surface area contributed by atoms with Gasteiger partial charge in [-0.25, -0.2) is 9.97 Å². The molecule has 0 bridgehead atoms. The van der Waals surface area contributed by atoms with Gasteiger partial charge >= 0.3 is 0 Å². The van der Waals surface area contributed by atoms with Gasteiger partial charge < -0.3 is 15.2 Å². The maximum atomic E-state index is 13.2. The summed E-state index contributed by atoms with van der Waals surface area (Å²) in [6.45, 7) is 2.72. The van der Waals surface area contributed by atoms with Crippen LogP contribution in [0.3, 0.4) is 0 Å². The van der Waals surface area contributed by atoms with Crippen LogP contribution in [0.2, 0.25) is 0 Å². The highest BCUT2D eigenvalue weighted by atomic mass is 79.9. The van der Waals surface area contributed by atoms with Crippen molar-refractivity contribution in [3.8, 4) is 0 Å². The Morgan fingerprint density at radius 3 is 3.17 bits per heavy atom. The predicted octanol–water partition coefficient (Wildman–Crippen LogP) is 3.57. The van der Waals surface area contributed by atoms with E-state index < -0.39 is 0 Å². The zero-order chi connectivity index (χ0) is 16.7. The number of hydrogen-bond acceptors (Lipinski definition) is 4. The van der Waals surface area contributed by atoms with Crippen molar-refractivity contribution in [1.29, 1.82) is 0 Å². The van der Waals surface area contributed by atoms with Gasteiger partial charge in [0.1, 0.15) is 11.5 Å². The van der Waals surface area contributed by atoms with Gasteiger partial charge in [-0.2, -0.15) is 0 Å². The lowest BCUT2D eigenvalue weighted by molar-refractivity contribution is 0.0988. The van der Waals surface area contributed by atoms with Crippen molar-refractivity contribution in [3.63, 3.8) is 0 Å². The molecule has 0 aromatic carbocycles. The number of halogens is 1. The molecule has 7 heteroatoms. The van der Waals surface area contributed by atoms with E-state index >= 15 is 0 Å². The van der Waals surface area contributed by atoms with Crippen LogP contribution in [-0.4, -0.2) is 33.4 Å². The summed E-state index contributed by atoms with van der Waals surface area (Å²) in [5.41, 5.74) is 2.13. The van der Waals surface area contributed by atoms with E-state index in [-0.39, 0.29) is 11.9 Å². The molecule has 0 spiro atoms. The van der Waals surface area contributed by atoms with Gasteiger partial charge in [0.05, 0.1) is 11.3 Å². The maximum absolute atomic E-state index is 13.2. The molecule has 4 rings (SSSR count). The highest BCUT2D eigenvalue weighted by Gasteiger charge is 2.27. The Balaban J connectivity index is 1.81. The fourth-order valence-electron chi connectivity index (χ4n) is 2.98. The van der Waals surface area contributed by atoms with E-state index in [4.69, 9.17) is 0 Å². The third-order valence-corrected chi connectivity index (χ3v) is 4.65. The monoisotopic (exact) mass is 385 g/mol. The Labute approximate surface area is 147 Å². The molecule has 1 aliphatic rings. The van der Waals surface area contributed by atoms with Gasteiger partial charge in [-0.3, -0.25) is 4.79 Å². The Morgan fingerprint density at radius 1 is 1.42 bits per heavy atom. The Kier molecular flexibility index (Phi) is 3.72. The van der Waals surface area contributed by atoms with Crippen molar-refractivity contribution >= 4 is 44.4 Å². The average molecular weight is 386 g/mol. The molecule has 6 nitrogen and oxygen atoms in total. The fourth-order valence-corrected chi connectivity index (χ4v) is 3.30. The van der Waals surface area contributed by atoms with E-state index in [1.165, 1.54) is 0 Å². The first-order valence-corrected chi connectivity index (χ1v) is 8.59. The van der Waals surface area contributed by atoms with Gasteiger partial charge in [-0.15, -0.1) is 0 Å². The van der Waals surface area contributed by atoms with E-state index in [0.717, 1.165) is 33.4 Å². The van der Waals surface area contributed by atoms with Crippen LogP contribution < -0.4 is 10.2 Å². The van der Waals surface area contributed by atoms with Crippen molar-refractivity contribution in [3.05, 3.63) is 46.8 Å². The Bertz CT molecular complexity index is 922. The van der Waals surface area contributed by atoms with E-state index in [1.54, 1.807) is 23.5 Å². The van der Waals surface area contributed by atoms with E-state index in [9.17, 15) is 4.79 Å². The molecule has 1 atom stereocenters. The molecular formula is C17H16BrN5O. The van der Waals surface area contributed by atoms with Gasteiger partial charge in [0, 0.05) is 41.0 Å². The van der Waals surface area contributed by atoms with Crippen molar-refractivity contribution in [2.24, 2.45) is 0 Å². The van der Waals surface area contributed by atoms with Gasteiger partial charge in [0.2, 0.25) is 0 Å². The zero-order valence-corrected chi connectivity index (χ0v) is 14.7. The van der Waals surface area contributed by atoms with E-state index in [1.807, 2.05) is 18.2 Å². The molecule has 3 aromatic rings. The number of nitrogens with zero attached hydrogens (tertiary/aromatic N) is 3. The number of hydrogen-bond donors (Lipinski definition) is 2. The first-order valence-electron chi connectivity index (χ1n) is 7.79. The van der Waals surface area contributed by atoms with Crippen LogP contribution in [0.15, 0.2) is 41.3 Å². The summed E-state index contributed by atoms with van der Waals surface area (Å²) in [5.74, 6) is 0.681. The SMILES string of the molecule is CC1CCN(C(=O)c2c[nH]c3ncccc23)c2cc(Br)cnc2N1. The van der Waals surface area contributed by atoms with E-state index in [0.29, 0.717) is 12.1 Å². The van der Waals surface area contributed by atoms with Gasteiger partial charge in [0.15, 0.2) is 0 Å². The lowest BCUT2D eigenvalue weighted by Crippen LogP contribution is -2.32. The summed E-state index contributed by atoms with van der Waals surface area (Å²) in [6.07, 6.45) is 6.02. The summed E-state index contributed by atoms with van der Waals surface area (Å²) < 4.78 is 0.844. The number of carbonyl (C=O) groups excluding carboxylic acids is 1. The summed E-state index contributed by atoms with van der Waals surface area (Å²) >= 11 is 3.45. The molecule has 1 unspecified atom stereocenters. The average Bonchev–Trinajstić information content (AvgIpc) is 2.93. The Morgan fingerprint density at radius 2 is 2.29 bits per heavy atom. The van der Waals surface area contributed by atoms with Crippen molar-refractivity contribution in [2.75, 3.05) is 16.8 Å². The molecule has 122 valence electrons. The molecule has 0 fully saturated rings. The summed E-state index contributed by atoms with van der Waals surface area (Å²) in [6, 6.07) is 5.92. The highest BCUT2D eigenvalue weighted by Crippen LogP contribution is 2.32. The molecule has 0 radical (unpaired) electrons. The number of pyridine rings is 2. The van der Waals surface area contributed by atoms with Crippen LogP contribution in [0, 0.1) is 0 Å². The van der Waals surface area contributed by atoms with Crippen LogP contribution >= 0.6 is 15.9 Å². The number of H-pyrrole nitrogens is 1. The lowest BCUT2D eigenvalue weighted by atomic mass is 10.1. The number of fused-ring (bicyclic) bond motifs is 2. The number of amides is 1. The zero-order valence-electron chi connectivity index (χ0n) is 13.1. The van der Waals surface area contributed by atoms with Crippen LogP contribution in [0.25, 0.3) is 11.0 Å². The van der Waals surface area contributed by atoms with E-state index in [2.05, 4.69) is 43.1 Å². The maximum Gasteiger partial charge on any atom is 0.260 e. The number of aromatic nitrogens is 3. The third kappa shape index (κ3) is 2.54. The molecular weight excluding hydrogens is 370 g/mol. The lowest BCUT2D eigenvalue weighted by Gasteiger charge is -2.21. The molecule has 4 heterocycles. The van der Waals surface area contributed by atoms with Crippen LogP contribution in [-0.2, 0) is 0 Å². The molecule has 2 N–H and O–H groups in total. The smallest absolute Gasteiger partial charge is 0.260 e. The molecule has 0 aliphatic carbocycles. The van der Waals surface area contributed by atoms with Gasteiger partial charge in [-0.1, -0.05) is 0 Å². The van der Waals surface area contributed by atoms with Gasteiger partial charge in [-0.05, 0) is 47.5 Å².